The van der Waals surface area contributed by atoms with E-state index in [1.165, 1.54) is 4.90 Å². The van der Waals surface area contributed by atoms with Gasteiger partial charge in [0.05, 0.1) is 36.3 Å². The van der Waals surface area contributed by atoms with Crippen LogP contribution in [-0.4, -0.2) is 32.3 Å². The summed E-state index contributed by atoms with van der Waals surface area (Å²) in [6.45, 7) is 6.09. The Morgan fingerprint density at radius 1 is 1.36 bits per heavy atom. The Balaban J connectivity index is 1.51. The first-order valence-electron chi connectivity index (χ1n) is 9.29. The number of hydrogen-bond acceptors (Lipinski definition) is 5. The number of carbonyl (C=O) groups excluding carboxylic acids is 2. The highest BCUT2D eigenvalue weighted by Gasteiger charge is 2.35. The lowest BCUT2D eigenvalue weighted by Gasteiger charge is -2.34. The quantitative estimate of drug-likeness (QED) is 0.831. The van der Waals surface area contributed by atoms with E-state index in [1.54, 1.807) is 25.1 Å². The number of carbonyl (C=O) groups is 2. The van der Waals surface area contributed by atoms with E-state index in [1.807, 2.05) is 13.8 Å². The second-order valence-corrected chi connectivity index (χ2v) is 7.58. The highest BCUT2D eigenvalue weighted by atomic mass is 16.5. The van der Waals surface area contributed by atoms with E-state index in [9.17, 15) is 14.4 Å². The van der Waals surface area contributed by atoms with E-state index in [2.05, 4.69) is 15.3 Å². The van der Waals surface area contributed by atoms with Crippen molar-refractivity contribution in [2.24, 2.45) is 0 Å². The number of nitrogens with zero attached hydrogens (tertiary/aromatic N) is 2. The van der Waals surface area contributed by atoms with Gasteiger partial charge in [-0.1, -0.05) is 6.92 Å². The van der Waals surface area contributed by atoms with Crippen LogP contribution in [-0.2, 0) is 13.1 Å². The third-order valence-corrected chi connectivity index (χ3v) is 5.37. The van der Waals surface area contributed by atoms with Crippen LogP contribution in [0.15, 0.2) is 23.0 Å². The summed E-state index contributed by atoms with van der Waals surface area (Å²) >= 11 is 0. The van der Waals surface area contributed by atoms with Crippen LogP contribution in [0.3, 0.4) is 0 Å². The Labute approximate surface area is 161 Å². The third kappa shape index (κ3) is 3.15. The molecule has 2 aromatic rings. The molecule has 2 amide bonds. The lowest BCUT2D eigenvalue weighted by molar-refractivity contribution is 0.0499. The normalized spacial score (nSPS) is 20.4. The fourth-order valence-corrected chi connectivity index (χ4v) is 3.58. The Morgan fingerprint density at radius 3 is 2.89 bits per heavy atom. The monoisotopic (exact) mass is 382 g/mol. The van der Waals surface area contributed by atoms with Gasteiger partial charge in [0, 0.05) is 5.69 Å². The molecular weight excluding hydrogens is 360 g/mol. The maximum Gasteiger partial charge on any atom is 0.322 e. The Morgan fingerprint density at radius 2 is 2.14 bits per heavy atom. The van der Waals surface area contributed by atoms with E-state index in [4.69, 9.17) is 4.74 Å². The first kappa shape index (κ1) is 18.2. The topological polar surface area (TPSA) is 104 Å². The number of urea groups is 1. The van der Waals surface area contributed by atoms with Crippen LogP contribution < -0.4 is 15.6 Å². The molecule has 0 saturated heterocycles. The van der Waals surface area contributed by atoms with Gasteiger partial charge in [-0.15, -0.1) is 0 Å². The zero-order chi connectivity index (χ0) is 20.1. The van der Waals surface area contributed by atoms with Gasteiger partial charge in [0.2, 0.25) is 0 Å². The van der Waals surface area contributed by atoms with Crippen LogP contribution in [0.4, 0.5) is 10.5 Å². The molecule has 8 nitrogen and oxygen atoms in total. The van der Waals surface area contributed by atoms with Crippen molar-refractivity contribution in [3.05, 3.63) is 51.2 Å². The lowest BCUT2D eigenvalue weighted by atomic mass is 9.89. The van der Waals surface area contributed by atoms with Crippen LogP contribution in [0, 0.1) is 6.92 Å². The highest BCUT2D eigenvalue weighted by molar-refractivity contribution is 6.02. The van der Waals surface area contributed by atoms with Gasteiger partial charge in [-0.25, -0.2) is 9.78 Å². The summed E-state index contributed by atoms with van der Waals surface area (Å²) in [5.41, 5.74) is 1.40. The molecule has 8 heteroatoms. The molecule has 0 saturated carbocycles. The highest BCUT2D eigenvalue weighted by Crippen LogP contribution is 2.36. The molecule has 146 valence electrons. The van der Waals surface area contributed by atoms with E-state index in [0.717, 1.165) is 6.42 Å². The van der Waals surface area contributed by atoms with Crippen molar-refractivity contribution >= 4 is 17.5 Å². The molecule has 0 spiro atoms. The summed E-state index contributed by atoms with van der Waals surface area (Å²) in [7, 11) is 0. The number of fused-ring (bicyclic) bond motifs is 2. The number of benzene rings is 1. The van der Waals surface area contributed by atoms with Crippen molar-refractivity contribution in [2.75, 3.05) is 5.32 Å². The zero-order valence-corrected chi connectivity index (χ0v) is 16.1. The summed E-state index contributed by atoms with van der Waals surface area (Å²) in [5.74, 6) is 1.07. The van der Waals surface area contributed by atoms with Crippen molar-refractivity contribution in [3.63, 3.8) is 0 Å². The molecule has 3 heterocycles. The van der Waals surface area contributed by atoms with Gasteiger partial charge < -0.3 is 19.9 Å². The van der Waals surface area contributed by atoms with Gasteiger partial charge in [0.15, 0.2) is 5.78 Å². The summed E-state index contributed by atoms with van der Waals surface area (Å²) < 4.78 is 5.98. The van der Waals surface area contributed by atoms with Gasteiger partial charge >= 0.3 is 6.03 Å². The number of aryl methyl sites for hydroxylation is 1. The zero-order valence-electron chi connectivity index (χ0n) is 16.1. The molecule has 4 rings (SSSR count). The SMILES string of the molecule is CC[C@@]1(C)CC(=O)c2cc(NC(=O)N3Cc4nc(C)[nH]c(=O)c4C3)ccc2O1. The molecule has 1 atom stereocenters. The van der Waals surface area contributed by atoms with Gasteiger partial charge in [-0.2, -0.15) is 0 Å². The molecule has 0 unspecified atom stereocenters. The number of amides is 2. The maximum absolute atomic E-state index is 12.6. The maximum atomic E-state index is 12.6. The number of anilines is 1. The number of rotatable bonds is 2. The molecule has 2 aliphatic heterocycles. The van der Waals surface area contributed by atoms with Gasteiger partial charge in [-0.05, 0) is 38.5 Å². The second-order valence-electron chi connectivity index (χ2n) is 7.58. The van der Waals surface area contributed by atoms with Gasteiger partial charge in [-0.3, -0.25) is 9.59 Å². The van der Waals surface area contributed by atoms with Crippen molar-refractivity contribution < 1.29 is 14.3 Å². The number of ketones is 1. The number of Topliss-reactive ketones (excluding diaryl/α,β-unsaturated/α-hetero) is 1. The average Bonchev–Trinajstić information content (AvgIpc) is 3.07. The standard InChI is InChI=1S/C20H22N4O4/c1-4-20(3)8-16(25)13-7-12(5-6-17(13)28-20)23-19(27)24-9-14-15(10-24)21-11(2)22-18(14)26/h5-7H,4,8-10H2,1-3H3,(H,23,27)(H,21,22,26)/t20-/m0/s1. The van der Waals surface area contributed by atoms with Crippen molar-refractivity contribution in [2.45, 2.75) is 52.3 Å². The number of aromatic nitrogens is 2. The predicted octanol–water partition coefficient (Wildman–Crippen LogP) is 2.76. The molecule has 0 radical (unpaired) electrons. The largest absolute Gasteiger partial charge is 0.486 e. The summed E-state index contributed by atoms with van der Waals surface area (Å²) in [6, 6.07) is 4.72. The van der Waals surface area contributed by atoms with Crippen LogP contribution in [0.25, 0.3) is 0 Å². The van der Waals surface area contributed by atoms with Crippen LogP contribution >= 0.6 is 0 Å². The van der Waals surface area contributed by atoms with Crippen molar-refractivity contribution in [1.29, 1.82) is 0 Å². The van der Waals surface area contributed by atoms with Crippen LogP contribution in [0.5, 0.6) is 5.75 Å². The molecule has 28 heavy (non-hydrogen) atoms. The molecule has 0 fully saturated rings. The Kier molecular flexibility index (Phi) is 4.21. The molecule has 2 aliphatic rings. The third-order valence-electron chi connectivity index (χ3n) is 5.37. The smallest absolute Gasteiger partial charge is 0.322 e. The van der Waals surface area contributed by atoms with E-state index in [0.29, 0.717) is 40.5 Å². The average molecular weight is 382 g/mol. The minimum atomic E-state index is -0.492. The van der Waals surface area contributed by atoms with E-state index >= 15 is 0 Å². The van der Waals surface area contributed by atoms with Crippen molar-refractivity contribution in [3.8, 4) is 5.75 Å². The summed E-state index contributed by atoms with van der Waals surface area (Å²) in [5, 5.41) is 2.80. The lowest BCUT2D eigenvalue weighted by Crippen LogP contribution is -2.38. The van der Waals surface area contributed by atoms with Crippen LogP contribution in [0.1, 0.15) is 54.1 Å². The fourth-order valence-electron chi connectivity index (χ4n) is 3.58. The van der Waals surface area contributed by atoms with Crippen molar-refractivity contribution in [1.82, 2.24) is 14.9 Å². The van der Waals surface area contributed by atoms with Gasteiger partial charge in [0.25, 0.3) is 5.56 Å². The first-order valence-corrected chi connectivity index (χ1v) is 9.29. The molecule has 0 aliphatic carbocycles. The first-order chi connectivity index (χ1) is 13.3. The Hall–Kier alpha value is -3.16. The van der Waals surface area contributed by atoms with E-state index < -0.39 is 5.60 Å². The molecule has 2 N–H and O–H groups in total. The molecule has 0 bridgehead atoms. The molecule has 1 aromatic carbocycles. The molecular formula is C20H22N4O4. The van der Waals surface area contributed by atoms with Crippen LogP contribution in [0.2, 0.25) is 0 Å². The number of nitrogens with one attached hydrogen (secondary N) is 2. The Bertz CT molecular complexity index is 1040. The minimum Gasteiger partial charge on any atom is -0.486 e. The minimum absolute atomic E-state index is 0.00138. The number of H-pyrrole nitrogens is 1. The number of aromatic amines is 1. The number of hydrogen-bond donors (Lipinski definition) is 2. The second kappa shape index (κ2) is 6.47. The predicted molar refractivity (Wildman–Crippen MR) is 103 cm³/mol. The van der Waals surface area contributed by atoms with E-state index in [-0.39, 0.29) is 30.5 Å². The summed E-state index contributed by atoms with van der Waals surface area (Å²) in [6.07, 6.45) is 1.04. The number of ether oxygens (including phenoxy) is 1. The molecule has 1 aromatic heterocycles. The fraction of sp³-hybridized carbons (Fsp3) is 0.400. The summed E-state index contributed by atoms with van der Waals surface area (Å²) in [4.78, 5) is 45.7. The van der Waals surface area contributed by atoms with Gasteiger partial charge in [0.1, 0.15) is 17.2 Å².